The Hall–Kier alpha value is -4.06. The van der Waals surface area contributed by atoms with Crippen LogP contribution in [0.25, 0.3) is 0 Å². The number of carbonyl (C=O) groups is 3. The second-order valence-electron chi connectivity index (χ2n) is 10.9. The van der Waals surface area contributed by atoms with Crippen LogP contribution in [0, 0.1) is 11.3 Å². The molecule has 1 aromatic carbocycles. The molecule has 2 atom stereocenters. The Labute approximate surface area is 220 Å². The number of rotatable bonds is 5. The fourth-order valence-electron chi connectivity index (χ4n) is 5.79. The first-order valence-corrected chi connectivity index (χ1v) is 12.7. The van der Waals surface area contributed by atoms with E-state index in [4.69, 9.17) is 16.0 Å². The summed E-state index contributed by atoms with van der Waals surface area (Å²) < 4.78 is 0. The number of hydrogen-bond donors (Lipinski definition) is 3. The van der Waals surface area contributed by atoms with Crippen LogP contribution in [0.15, 0.2) is 35.7 Å². The Bertz CT molecular complexity index is 1300. The molecule has 3 aliphatic rings. The minimum Gasteiger partial charge on any atom is -0.367 e. The third-order valence-electron chi connectivity index (χ3n) is 7.59. The van der Waals surface area contributed by atoms with Crippen molar-refractivity contribution in [2.24, 2.45) is 22.2 Å². The van der Waals surface area contributed by atoms with E-state index in [1.54, 1.807) is 11.5 Å². The summed E-state index contributed by atoms with van der Waals surface area (Å²) in [5, 5.41) is 15.5. The van der Waals surface area contributed by atoms with Crippen LogP contribution in [0.5, 0.6) is 0 Å². The molecular formula is C26H32N8O4. The molecule has 1 saturated heterocycles. The van der Waals surface area contributed by atoms with Crippen molar-refractivity contribution in [3.05, 3.63) is 41.7 Å². The van der Waals surface area contributed by atoms with E-state index in [0.717, 1.165) is 23.5 Å². The van der Waals surface area contributed by atoms with Crippen LogP contribution in [0.1, 0.15) is 54.3 Å². The number of ketones is 1. The summed E-state index contributed by atoms with van der Waals surface area (Å²) in [6.45, 7) is 8.50. The number of carbonyl (C=O) groups excluding carboxylic acids is 3. The Morgan fingerprint density at radius 2 is 1.76 bits per heavy atom. The molecule has 4 N–H and O–H groups in total. The second kappa shape index (κ2) is 9.67. The van der Waals surface area contributed by atoms with Gasteiger partial charge >= 0.3 is 0 Å². The third kappa shape index (κ3) is 4.67. The highest BCUT2D eigenvalue weighted by molar-refractivity contribution is 6.08. The molecule has 0 bridgehead atoms. The summed E-state index contributed by atoms with van der Waals surface area (Å²) in [5.41, 5.74) is 10.2. The van der Waals surface area contributed by atoms with Crippen molar-refractivity contribution in [3.63, 3.8) is 0 Å². The number of Topliss-reactive ketones (excluding diaryl/α,β-unsaturated/α-hetero) is 1. The van der Waals surface area contributed by atoms with Crippen LogP contribution in [0.4, 0.5) is 17.3 Å². The fourth-order valence-corrected chi connectivity index (χ4v) is 5.79. The monoisotopic (exact) mass is 520 g/mol. The van der Waals surface area contributed by atoms with Gasteiger partial charge in [-0.3, -0.25) is 24.6 Å². The molecule has 12 heteroatoms. The number of hydrazone groups is 1. The SMILES string of the molecule is CC1=NN(c2ccc(C(N)=O)c(N3CCN(c4ncc(C(=O)NO)cn4)CC3)c2)C2CC(C)(C)CC(=O)C12. The molecule has 3 heterocycles. The lowest BCUT2D eigenvalue weighted by molar-refractivity contribution is -0.125. The number of nitrogens with two attached hydrogens (primary N) is 1. The minimum atomic E-state index is -0.676. The van der Waals surface area contributed by atoms with Crippen LogP contribution < -0.4 is 26.0 Å². The van der Waals surface area contributed by atoms with Gasteiger partial charge < -0.3 is 15.5 Å². The molecule has 1 aliphatic carbocycles. The molecule has 0 spiro atoms. The number of hydroxylamine groups is 1. The zero-order chi connectivity index (χ0) is 27.2. The molecule has 1 saturated carbocycles. The molecule has 38 heavy (non-hydrogen) atoms. The number of fused-ring (bicyclic) bond motifs is 1. The van der Waals surface area contributed by atoms with E-state index in [1.165, 1.54) is 12.4 Å². The van der Waals surface area contributed by atoms with E-state index in [0.29, 0.717) is 44.1 Å². The van der Waals surface area contributed by atoms with E-state index in [1.807, 2.05) is 29.0 Å². The zero-order valence-corrected chi connectivity index (χ0v) is 21.7. The lowest BCUT2D eigenvalue weighted by Crippen LogP contribution is -2.48. The van der Waals surface area contributed by atoms with Gasteiger partial charge in [0, 0.05) is 50.7 Å². The summed E-state index contributed by atoms with van der Waals surface area (Å²) in [5.74, 6) is -0.693. The first kappa shape index (κ1) is 25.6. The largest absolute Gasteiger partial charge is 0.367 e. The van der Waals surface area contributed by atoms with E-state index in [9.17, 15) is 14.4 Å². The Morgan fingerprint density at radius 3 is 2.39 bits per heavy atom. The van der Waals surface area contributed by atoms with Crippen molar-refractivity contribution in [2.75, 3.05) is 41.0 Å². The molecule has 2 fully saturated rings. The van der Waals surface area contributed by atoms with Crippen molar-refractivity contribution in [3.8, 4) is 0 Å². The maximum absolute atomic E-state index is 12.9. The molecule has 2 amide bonds. The molecule has 2 unspecified atom stereocenters. The molecule has 2 aromatic rings. The lowest BCUT2D eigenvalue weighted by Gasteiger charge is -2.40. The molecule has 2 aliphatic heterocycles. The van der Waals surface area contributed by atoms with Gasteiger partial charge in [0.1, 0.15) is 5.78 Å². The standard InChI is InChI=1S/C26H32N8O4/c1-15-22-20(11-26(2,3)12-21(22)35)34(30-15)17-4-5-18(23(27)36)19(10-17)32-6-8-33(9-7-32)25-28-13-16(14-29-25)24(37)31-38/h4-5,10,13-14,20,22,38H,6-9,11-12H2,1-3H3,(H2,27,36)(H,31,37). The highest BCUT2D eigenvalue weighted by Gasteiger charge is 2.48. The number of nitrogens with one attached hydrogen (secondary N) is 1. The molecule has 12 nitrogen and oxygen atoms in total. The maximum atomic E-state index is 12.9. The van der Waals surface area contributed by atoms with Crippen molar-refractivity contribution in [1.29, 1.82) is 0 Å². The van der Waals surface area contributed by atoms with E-state index < -0.39 is 11.8 Å². The summed E-state index contributed by atoms with van der Waals surface area (Å²) in [7, 11) is 0. The number of nitrogens with zero attached hydrogens (tertiary/aromatic N) is 6. The minimum absolute atomic E-state index is 0.0524. The summed E-state index contributed by atoms with van der Waals surface area (Å²) in [6.07, 6.45) is 4.11. The van der Waals surface area contributed by atoms with Gasteiger partial charge in [0.15, 0.2) is 0 Å². The first-order valence-electron chi connectivity index (χ1n) is 12.7. The number of aromatic nitrogens is 2. The highest BCUT2D eigenvalue weighted by atomic mass is 16.5. The predicted molar refractivity (Wildman–Crippen MR) is 142 cm³/mol. The third-order valence-corrected chi connectivity index (χ3v) is 7.59. The van der Waals surface area contributed by atoms with E-state index in [-0.39, 0.29) is 28.7 Å². The molecule has 200 valence electrons. The Morgan fingerprint density at radius 1 is 1.11 bits per heavy atom. The fraction of sp³-hybridized carbons (Fsp3) is 0.462. The van der Waals surface area contributed by atoms with Crippen molar-refractivity contribution >= 4 is 40.6 Å². The number of anilines is 3. The Balaban J connectivity index is 1.37. The van der Waals surface area contributed by atoms with Gasteiger partial charge in [-0.25, -0.2) is 15.4 Å². The van der Waals surface area contributed by atoms with Gasteiger partial charge in [-0.05, 0) is 37.0 Å². The number of primary amides is 1. The molecular weight excluding hydrogens is 488 g/mol. The molecule has 0 radical (unpaired) electrons. The van der Waals surface area contributed by atoms with Crippen molar-refractivity contribution < 1.29 is 19.6 Å². The van der Waals surface area contributed by atoms with Crippen LogP contribution in [-0.2, 0) is 4.79 Å². The van der Waals surface area contributed by atoms with E-state index in [2.05, 4.69) is 28.7 Å². The van der Waals surface area contributed by atoms with E-state index >= 15 is 0 Å². The maximum Gasteiger partial charge on any atom is 0.277 e. The summed E-state index contributed by atoms with van der Waals surface area (Å²) >= 11 is 0. The predicted octanol–water partition coefficient (Wildman–Crippen LogP) is 1.59. The topological polar surface area (TPSA) is 157 Å². The van der Waals surface area contributed by atoms with Crippen molar-refractivity contribution in [2.45, 2.75) is 39.7 Å². The average molecular weight is 521 g/mol. The van der Waals surface area contributed by atoms with Gasteiger partial charge in [-0.15, -0.1) is 0 Å². The zero-order valence-electron chi connectivity index (χ0n) is 21.7. The van der Waals surface area contributed by atoms with Gasteiger partial charge in [0.05, 0.1) is 34.5 Å². The molecule has 5 rings (SSSR count). The normalized spacial score (nSPS) is 22.7. The highest BCUT2D eigenvalue weighted by Crippen LogP contribution is 2.44. The number of hydrogen-bond acceptors (Lipinski definition) is 10. The first-order chi connectivity index (χ1) is 18.1. The van der Waals surface area contributed by atoms with Gasteiger partial charge in [-0.1, -0.05) is 13.8 Å². The van der Waals surface area contributed by atoms with Crippen molar-refractivity contribution in [1.82, 2.24) is 15.4 Å². The number of amides is 2. The van der Waals surface area contributed by atoms with Gasteiger partial charge in [0.2, 0.25) is 5.95 Å². The quantitative estimate of drug-likeness (QED) is 0.393. The number of benzene rings is 1. The van der Waals surface area contributed by atoms with Gasteiger partial charge in [-0.2, -0.15) is 5.10 Å². The number of piperazine rings is 1. The van der Waals surface area contributed by atoms with Crippen LogP contribution in [-0.4, -0.2) is 70.7 Å². The lowest BCUT2D eigenvalue weighted by atomic mass is 9.68. The summed E-state index contributed by atoms with van der Waals surface area (Å²) in [4.78, 5) is 49.4. The van der Waals surface area contributed by atoms with Crippen LogP contribution >= 0.6 is 0 Å². The van der Waals surface area contributed by atoms with Crippen LogP contribution in [0.3, 0.4) is 0 Å². The summed E-state index contributed by atoms with van der Waals surface area (Å²) in [6, 6.07) is 5.48. The Kier molecular flexibility index (Phi) is 6.51. The van der Waals surface area contributed by atoms with Gasteiger partial charge in [0.25, 0.3) is 11.8 Å². The second-order valence-corrected chi connectivity index (χ2v) is 10.9. The molecule has 1 aromatic heterocycles. The van der Waals surface area contributed by atoms with Crippen LogP contribution in [0.2, 0.25) is 0 Å². The smallest absolute Gasteiger partial charge is 0.277 e. The average Bonchev–Trinajstić information content (AvgIpc) is 3.23.